The van der Waals surface area contributed by atoms with Crippen LogP contribution in [0, 0.1) is 0 Å². The van der Waals surface area contributed by atoms with Gasteiger partial charge in [0.05, 0.1) is 22.2 Å². The van der Waals surface area contributed by atoms with Gasteiger partial charge >= 0.3 is 0 Å². The van der Waals surface area contributed by atoms with Gasteiger partial charge in [-0.25, -0.2) is 9.97 Å². The number of H-pyrrole nitrogens is 4. The third-order valence-corrected chi connectivity index (χ3v) is 5.83. The first-order valence-corrected chi connectivity index (χ1v) is 10.5. The van der Waals surface area contributed by atoms with Crippen LogP contribution in [0.3, 0.4) is 0 Å². The van der Waals surface area contributed by atoms with E-state index in [4.69, 9.17) is 20.9 Å². The summed E-state index contributed by atoms with van der Waals surface area (Å²) in [6, 6.07) is 0. The summed E-state index contributed by atoms with van der Waals surface area (Å²) < 4.78 is 11.8. The summed E-state index contributed by atoms with van der Waals surface area (Å²) in [5, 5.41) is 21.3. The first kappa shape index (κ1) is 21.0. The number of ether oxygens (including phenoxy) is 2. The quantitative estimate of drug-likeness (QED) is 0.171. The van der Waals surface area contributed by atoms with Gasteiger partial charge in [0.15, 0.2) is 0 Å². The molecule has 0 aliphatic carbocycles. The van der Waals surface area contributed by atoms with Crippen molar-refractivity contribution in [1.82, 2.24) is 34.9 Å². The van der Waals surface area contributed by atoms with E-state index in [9.17, 15) is 10.2 Å². The molecule has 0 saturated heterocycles. The highest BCUT2D eigenvalue weighted by molar-refractivity contribution is 5.98. The Balaban J connectivity index is 1.37. The minimum Gasteiger partial charge on any atom is -0.502 e. The van der Waals surface area contributed by atoms with Crippen molar-refractivity contribution in [3.8, 4) is 46.1 Å². The van der Waals surface area contributed by atoms with Crippen LogP contribution in [0.1, 0.15) is 11.1 Å². The number of nitrogen functional groups attached to an aromatic ring is 2. The summed E-state index contributed by atoms with van der Waals surface area (Å²) >= 11 is 0. The second-order valence-corrected chi connectivity index (χ2v) is 7.84. The van der Waals surface area contributed by atoms with E-state index in [2.05, 4.69) is 48.0 Å². The number of aromatic amines is 4. The fraction of sp³-hybridized carbons (Fsp3) is 0. The average molecular weight is 485 g/mol. The van der Waals surface area contributed by atoms with Crippen molar-refractivity contribution in [2.45, 2.75) is 0 Å². The van der Waals surface area contributed by atoms with Gasteiger partial charge in [-0.1, -0.05) is 25.3 Å². The van der Waals surface area contributed by atoms with Gasteiger partial charge in [0.2, 0.25) is 35.0 Å². The van der Waals surface area contributed by atoms with Crippen molar-refractivity contribution >= 4 is 45.9 Å². The molecule has 6 rings (SSSR count). The maximum atomic E-state index is 10.6. The standard InChI is InChI=1S/C23H19N9O4/c1-3-8-12-14(29-18(8)24)16(33)22(31-12)35-20-10-5-26-6-11(10)21(28-7-27-20)36-23-17(34)15-13(32-23)9(4-2)19(25)30-15/h3-7,29-34H,1-2,24-25H2. The summed E-state index contributed by atoms with van der Waals surface area (Å²) in [6.45, 7) is 7.47. The number of aromatic hydroxyl groups is 2. The molecule has 0 fully saturated rings. The zero-order valence-corrected chi connectivity index (χ0v) is 18.5. The number of nitrogens with two attached hydrogens (primary N) is 2. The maximum Gasteiger partial charge on any atom is 0.244 e. The Morgan fingerprint density at radius 3 is 1.58 bits per heavy atom. The fourth-order valence-electron chi connectivity index (χ4n) is 4.12. The lowest BCUT2D eigenvalue weighted by Crippen LogP contribution is -1.91. The monoisotopic (exact) mass is 485 g/mol. The smallest absolute Gasteiger partial charge is 0.244 e. The Morgan fingerprint density at radius 1 is 0.722 bits per heavy atom. The molecule has 2 aliphatic heterocycles. The van der Waals surface area contributed by atoms with Gasteiger partial charge in [0, 0.05) is 23.5 Å². The van der Waals surface area contributed by atoms with Crippen molar-refractivity contribution in [2.24, 2.45) is 0 Å². The molecular formula is C23H19N9O4. The first-order valence-electron chi connectivity index (χ1n) is 10.5. The second-order valence-electron chi connectivity index (χ2n) is 7.84. The molecule has 0 radical (unpaired) electrons. The average Bonchev–Trinajstić information content (AvgIpc) is 3.63. The normalized spacial score (nSPS) is 11.4. The number of nitrogens with one attached hydrogen (secondary N) is 4. The zero-order chi connectivity index (χ0) is 25.1. The summed E-state index contributed by atoms with van der Waals surface area (Å²) in [4.78, 5) is 24.4. The van der Waals surface area contributed by atoms with Crippen molar-refractivity contribution < 1.29 is 19.7 Å². The van der Waals surface area contributed by atoms with E-state index in [-0.39, 0.29) is 35.0 Å². The summed E-state index contributed by atoms with van der Waals surface area (Å²) in [7, 11) is 0. The van der Waals surface area contributed by atoms with Crippen LogP contribution in [0.25, 0.3) is 45.3 Å². The van der Waals surface area contributed by atoms with Gasteiger partial charge in [-0.3, -0.25) is 4.98 Å². The Morgan fingerprint density at radius 2 is 1.17 bits per heavy atom. The summed E-state index contributed by atoms with van der Waals surface area (Å²) in [5.74, 6) is 0.625. The highest BCUT2D eigenvalue weighted by Crippen LogP contribution is 2.45. The third-order valence-electron chi connectivity index (χ3n) is 5.83. The van der Waals surface area contributed by atoms with E-state index in [1.807, 2.05) is 0 Å². The maximum absolute atomic E-state index is 10.6. The Bertz CT molecular complexity index is 1660. The molecule has 2 aliphatic rings. The Labute approximate surface area is 201 Å². The Hall–Kier alpha value is -5.59. The van der Waals surface area contributed by atoms with Gasteiger partial charge in [0.1, 0.15) is 29.0 Å². The molecule has 0 amide bonds. The molecule has 13 nitrogen and oxygen atoms in total. The zero-order valence-electron chi connectivity index (χ0n) is 18.5. The molecular weight excluding hydrogens is 466 g/mol. The topological polar surface area (TPSA) is 213 Å². The molecule has 10 N–H and O–H groups in total. The fourth-order valence-corrected chi connectivity index (χ4v) is 4.12. The molecule has 0 atom stereocenters. The number of hydrogen-bond acceptors (Lipinski definition) is 9. The largest absolute Gasteiger partial charge is 0.502 e. The van der Waals surface area contributed by atoms with Gasteiger partial charge in [-0.15, -0.1) is 0 Å². The molecule has 0 unspecified atom stereocenters. The first-order chi connectivity index (χ1) is 17.4. The minimum atomic E-state index is -0.182. The molecule has 4 aromatic rings. The van der Waals surface area contributed by atoms with Gasteiger partial charge in [-0.05, 0) is 0 Å². The number of hydrogen-bond donors (Lipinski definition) is 8. The lowest BCUT2D eigenvalue weighted by molar-refractivity contribution is 0.398. The lowest BCUT2D eigenvalue weighted by Gasteiger charge is -2.06. The van der Waals surface area contributed by atoms with Crippen molar-refractivity contribution in [3.63, 3.8) is 0 Å². The van der Waals surface area contributed by atoms with E-state index in [1.165, 1.54) is 18.7 Å². The molecule has 0 bridgehead atoms. The van der Waals surface area contributed by atoms with Gasteiger partial charge < -0.3 is 51.1 Å². The number of anilines is 2. The van der Waals surface area contributed by atoms with E-state index in [1.54, 1.807) is 12.2 Å². The highest BCUT2D eigenvalue weighted by Gasteiger charge is 2.24. The summed E-state index contributed by atoms with van der Waals surface area (Å²) in [6.07, 6.45) is 7.37. The van der Waals surface area contributed by atoms with Crippen LogP contribution < -0.4 is 20.9 Å². The van der Waals surface area contributed by atoms with Crippen LogP contribution in [0.15, 0.2) is 31.9 Å². The molecule has 0 spiro atoms. The lowest BCUT2D eigenvalue weighted by atomic mass is 10.2. The number of nitrogens with zero attached hydrogens (tertiary/aromatic N) is 3. The van der Waals surface area contributed by atoms with Gasteiger partial charge in [-0.2, -0.15) is 0 Å². The predicted molar refractivity (Wildman–Crippen MR) is 134 cm³/mol. The molecule has 4 aromatic heterocycles. The van der Waals surface area contributed by atoms with Gasteiger partial charge in [0.25, 0.3) is 0 Å². The van der Waals surface area contributed by atoms with Crippen molar-refractivity contribution in [1.29, 1.82) is 0 Å². The number of fused-ring (bicyclic) bond motifs is 3. The molecule has 36 heavy (non-hydrogen) atoms. The van der Waals surface area contributed by atoms with E-state index in [0.29, 0.717) is 56.0 Å². The van der Waals surface area contributed by atoms with Crippen molar-refractivity contribution in [3.05, 3.63) is 43.0 Å². The van der Waals surface area contributed by atoms with E-state index >= 15 is 0 Å². The number of rotatable bonds is 6. The molecule has 6 heterocycles. The van der Waals surface area contributed by atoms with Crippen LogP contribution in [0.2, 0.25) is 0 Å². The van der Waals surface area contributed by atoms with Crippen LogP contribution in [0.5, 0.6) is 35.0 Å². The Kier molecular flexibility index (Phi) is 4.35. The molecule has 0 saturated carbocycles. The number of aromatic nitrogens is 7. The molecule has 0 aromatic carbocycles. The highest BCUT2D eigenvalue weighted by atomic mass is 16.5. The predicted octanol–water partition coefficient (Wildman–Crippen LogP) is 4.04. The SMILES string of the molecule is C=Cc1c(N)[nH]c2c(O)c(Oc3ncnc(Oc4[nH]c5c(C=C)c(N)[nH]c5c4O)c4cncc3-4)[nH]c12. The third kappa shape index (κ3) is 2.86. The van der Waals surface area contributed by atoms with Crippen molar-refractivity contribution in [2.75, 3.05) is 11.5 Å². The van der Waals surface area contributed by atoms with E-state index in [0.717, 1.165) is 0 Å². The minimum absolute atomic E-state index is 0.0360. The van der Waals surface area contributed by atoms with Crippen LogP contribution in [-0.2, 0) is 0 Å². The summed E-state index contributed by atoms with van der Waals surface area (Å²) in [5.41, 5.74) is 15.7. The molecule has 180 valence electrons. The molecule has 13 heteroatoms. The second kappa shape index (κ2) is 7.46. The van der Waals surface area contributed by atoms with Crippen LogP contribution in [0.4, 0.5) is 11.6 Å². The van der Waals surface area contributed by atoms with Crippen LogP contribution >= 0.6 is 0 Å². The van der Waals surface area contributed by atoms with Crippen LogP contribution in [-0.4, -0.2) is 45.1 Å². The van der Waals surface area contributed by atoms with E-state index < -0.39 is 0 Å².